The molecule has 0 saturated carbocycles. The Morgan fingerprint density at radius 3 is 3.11 bits per heavy atom. The number of ether oxygens (including phenoxy) is 1. The number of amides is 2. The molecule has 2 amide bonds. The zero-order valence-corrected chi connectivity index (χ0v) is 11.3. The van der Waals surface area contributed by atoms with Crippen LogP contribution in [0.2, 0.25) is 0 Å². The molecule has 8 heteroatoms. The number of aromatic nitrogens is 2. The van der Waals surface area contributed by atoms with E-state index in [4.69, 9.17) is 4.74 Å². The monoisotopic (exact) mass is 282 g/mol. The van der Waals surface area contributed by atoms with Crippen molar-refractivity contribution in [1.82, 2.24) is 19.4 Å². The molecular weight excluding hydrogens is 268 g/mol. The molecule has 0 aromatic carbocycles. The number of hydrogen-bond donors (Lipinski definition) is 0. The Bertz CT molecular complexity index is 492. The molecule has 1 aromatic heterocycles. The van der Waals surface area contributed by atoms with E-state index in [0.717, 1.165) is 11.5 Å². The van der Waals surface area contributed by atoms with Crippen LogP contribution in [0.25, 0.3) is 0 Å². The van der Waals surface area contributed by atoms with Crippen LogP contribution in [-0.4, -0.2) is 69.6 Å². The van der Waals surface area contributed by atoms with E-state index >= 15 is 0 Å². The maximum Gasteiger partial charge on any atom is 0.275 e. The van der Waals surface area contributed by atoms with Crippen LogP contribution in [0, 0.1) is 0 Å². The molecule has 19 heavy (non-hydrogen) atoms. The smallest absolute Gasteiger partial charge is 0.275 e. The van der Waals surface area contributed by atoms with E-state index in [9.17, 15) is 9.59 Å². The number of likely N-dealkylation sites (tertiary alicyclic amines) is 1. The number of morpholine rings is 1. The summed E-state index contributed by atoms with van der Waals surface area (Å²) >= 11 is 1.15. The van der Waals surface area contributed by atoms with Gasteiger partial charge in [-0.05, 0) is 18.5 Å². The van der Waals surface area contributed by atoms with Crippen molar-refractivity contribution in [1.29, 1.82) is 0 Å². The van der Waals surface area contributed by atoms with Crippen molar-refractivity contribution < 1.29 is 14.3 Å². The second-order valence-corrected chi connectivity index (χ2v) is 5.21. The summed E-state index contributed by atoms with van der Waals surface area (Å²) in [6.45, 7) is 3.69. The largest absolute Gasteiger partial charge is 0.364 e. The number of nitrogens with zero attached hydrogens (tertiary/aromatic N) is 4. The SMILES string of the molecule is CCN1C(=O)CO[C@@H]2CN(C(=O)c3csnn3)C[C@H]21. The van der Waals surface area contributed by atoms with Gasteiger partial charge in [-0.25, -0.2) is 0 Å². The van der Waals surface area contributed by atoms with E-state index in [1.807, 2.05) is 6.92 Å². The molecule has 2 aliphatic rings. The van der Waals surface area contributed by atoms with Crippen molar-refractivity contribution in [2.45, 2.75) is 19.1 Å². The number of carbonyl (C=O) groups excluding carboxylic acids is 2. The van der Waals surface area contributed by atoms with Gasteiger partial charge < -0.3 is 14.5 Å². The number of likely N-dealkylation sites (N-methyl/N-ethyl adjacent to an activating group) is 1. The van der Waals surface area contributed by atoms with Crippen molar-refractivity contribution in [2.75, 3.05) is 26.2 Å². The summed E-state index contributed by atoms with van der Waals surface area (Å²) in [5, 5.41) is 5.42. The highest BCUT2D eigenvalue weighted by Crippen LogP contribution is 2.24. The second kappa shape index (κ2) is 4.86. The molecule has 7 nitrogen and oxygen atoms in total. The molecule has 3 heterocycles. The average molecular weight is 282 g/mol. The van der Waals surface area contributed by atoms with E-state index in [-0.39, 0.29) is 30.6 Å². The van der Waals surface area contributed by atoms with Crippen molar-refractivity contribution in [3.8, 4) is 0 Å². The Morgan fingerprint density at radius 2 is 2.42 bits per heavy atom. The van der Waals surface area contributed by atoms with Crippen molar-refractivity contribution in [3.63, 3.8) is 0 Å². The van der Waals surface area contributed by atoms with E-state index in [1.165, 1.54) is 0 Å². The standard InChI is InChI=1S/C11H14N4O3S/c1-2-15-8-3-14(4-9(8)18-5-10(15)16)11(17)7-6-19-13-12-7/h6,8-9H,2-5H2,1H3/t8-,9-/m1/s1. The van der Waals surface area contributed by atoms with Crippen LogP contribution in [0.15, 0.2) is 5.38 Å². The van der Waals surface area contributed by atoms with Gasteiger partial charge in [0.15, 0.2) is 5.69 Å². The Labute approximate surface area is 114 Å². The molecular formula is C11H14N4O3S. The van der Waals surface area contributed by atoms with Gasteiger partial charge in [0.2, 0.25) is 5.91 Å². The lowest BCUT2D eigenvalue weighted by Gasteiger charge is -2.35. The molecule has 3 rings (SSSR count). The van der Waals surface area contributed by atoms with E-state index in [1.54, 1.807) is 15.2 Å². The highest BCUT2D eigenvalue weighted by molar-refractivity contribution is 7.03. The molecule has 2 aliphatic heterocycles. The van der Waals surface area contributed by atoms with Gasteiger partial charge in [0.1, 0.15) is 6.61 Å². The number of hydrogen-bond acceptors (Lipinski definition) is 6. The molecule has 0 spiro atoms. The van der Waals surface area contributed by atoms with Gasteiger partial charge in [0.05, 0.1) is 12.1 Å². The van der Waals surface area contributed by atoms with Crippen LogP contribution in [0.5, 0.6) is 0 Å². The Hall–Kier alpha value is -1.54. The second-order valence-electron chi connectivity index (χ2n) is 4.60. The van der Waals surface area contributed by atoms with Crippen molar-refractivity contribution in [3.05, 3.63) is 11.1 Å². The summed E-state index contributed by atoms with van der Waals surface area (Å²) in [7, 11) is 0. The summed E-state index contributed by atoms with van der Waals surface area (Å²) in [6.07, 6.45) is -0.0896. The molecule has 2 fully saturated rings. The Morgan fingerprint density at radius 1 is 1.58 bits per heavy atom. The number of carbonyl (C=O) groups is 2. The molecule has 102 valence electrons. The van der Waals surface area contributed by atoms with Crippen LogP contribution in [0.1, 0.15) is 17.4 Å². The Kier molecular flexibility index (Phi) is 3.19. The van der Waals surface area contributed by atoms with Gasteiger partial charge >= 0.3 is 0 Å². The van der Waals surface area contributed by atoms with Gasteiger partial charge in [0, 0.05) is 25.0 Å². The van der Waals surface area contributed by atoms with Crippen molar-refractivity contribution >= 4 is 23.3 Å². The van der Waals surface area contributed by atoms with Gasteiger partial charge in [-0.3, -0.25) is 9.59 Å². The van der Waals surface area contributed by atoms with E-state index in [2.05, 4.69) is 9.59 Å². The molecule has 0 unspecified atom stereocenters. The topological polar surface area (TPSA) is 75.6 Å². The van der Waals surface area contributed by atoms with Gasteiger partial charge in [-0.2, -0.15) is 0 Å². The first-order valence-corrected chi connectivity index (χ1v) is 7.01. The molecule has 0 bridgehead atoms. The summed E-state index contributed by atoms with van der Waals surface area (Å²) in [5.74, 6) is -0.149. The van der Waals surface area contributed by atoms with Crippen molar-refractivity contribution in [2.24, 2.45) is 0 Å². The maximum absolute atomic E-state index is 12.2. The normalized spacial score (nSPS) is 26.7. The molecule has 2 saturated heterocycles. The average Bonchev–Trinajstić information content (AvgIpc) is 3.07. The van der Waals surface area contributed by atoms with Crippen LogP contribution in [0.3, 0.4) is 0 Å². The van der Waals surface area contributed by atoms with Crippen LogP contribution in [-0.2, 0) is 9.53 Å². The van der Waals surface area contributed by atoms with Crippen LogP contribution < -0.4 is 0 Å². The van der Waals surface area contributed by atoms with Gasteiger partial charge in [-0.1, -0.05) is 4.49 Å². The summed E-state index contributed by atoms with van der Waals surface area (Å²) in [4.78, 5) is 27.4. The first kappa shape index (κ1) is 12.5. The predicted octanol–water partition coefficient (Wildman–Crippen LogP) is -0.390. The quantitative estimate of drug-likeness (QED) is 0.738. The zero-order valence-electron chi connectivity index (χ0n) is 10.5. The van der Waals surface area contributed by atoms with E-state index < -0.39 is 0 Å². The third-order valence-corrected chi connectivity index (χ3v) is 4.09. The first-order chi connectivity index (χ1) is 9.20. The molecule has 0 N–H and O–H groups in total. The summed E-state index contributed by atoms with van der Waals surface area (Å²) < 4.78 is 9.22. The number of rotatable bonds is 2. The lowest BCUT2D eigenvalue weighted by molar-refractivity contribution is -0.152. The minimum atomic E-state index is -0.143. The lowest BCUT2D eigenvalue weighted by atomic mass is 10.1. The highest BCUT2D eigenvalue weighted by atomic mass is 32.1. The fourth-order valence-electron chi connectivity index (χ4n) is 2.66. The zero-order chi connectivity index (χ0) is 13.4. The minimum absolute atomic E-state index is 0.00614. The van der Waals surface area contributed by atoms with E-state index in [0.29, 0.717) is 25.3 Å². The Balaban J connectivity index is 1.75. The number of fused-ring (bicyclic) bond motifs is 1. The fraction of sp³-hybridized carbons (Fsp3) is 0.636. The summed E-state index contributed by atoms with van der Waals surface area (Å²) in [6, 6.07) is -0.0400. The molecule has 0 radical (unpaired) electrons. The fourth-order valence-corrected chi connectivity index (χ4v) is 3.09. The maximum atomic E-state index is 12.2. The van der Waals surface area contributed by atoms with Crippen LogP contribution >= 0.6 is 11.5 Å². The van der Waals surface area contributed by atoms with Gasteiger partial charge in [0.25, 0.3) is 5.91 Å². The molecule has 2 atom stereocenters. The third kappa shape index (κ3) is 2.10. The predicted molar refractivity (Wildman–Crippen MR) is 66.7 cm³/mol. The lowest BCUT2D eigenvalue weighted by Crippen LogP contribution is -2.53. The first-order valence-electron chi connectivity index (χ1n) is 6.18. The molecule has 1 aromatic rings. The van der Waals surface area contributed by atoms with Crippen LogP contribution in [0.4, 0.5) is 0 Å². The van der Waals surface area contributed by atoms with Gasteiger partial charge in [-0.15, -0.1) is 5.10 Å². The third-order valence-electron chi connectivity index (χ3n) is 3.59. The molecule has 0 aliphatic carbocycles. The minimum Gasteiger partial charge on any atom is -0.364 e. The summed E-state index contributed by atoms with van der Waals surface area (Å²) in [5.41, 5.74) is 0.359. The highest BCUT2D eigenvalue weighted by Gasteiger charge is 2.44.